The molecule has 0 unspecified atom stereocenters. The fourth-order valence-electron chi connectivity index (χ4n) is 2.11. The molecule has 1 aromatic carbocycles. The first kappa shape index (κ1) is 14.5. The van der Waals surface area contributed by atoms with Gasteiger partial charge in [-0.3, -0.25) is 4.79 Å². The zero-order valence-corrected chi connectivity index (χ0v) is 13.2. The summed E-state index contributed by atoms with van der Waals surface area (Å²) >= 11 is 1.32. The predicted molar refractivity (Wildman–Crippen MR) is 84.4 cm³/mol. The summed E-state index contributed by atoms with van der Waals surface area (Å²) < 4.78 is 7.22. The van der Waals surface area contributed by atoms with E-state index in [1.807, 2.05) is 38.1 Å². The molecule has 3 aromatic rings. The molecule has 22 heavy (non-hydrogen) atoms. The quantitative estimate of drug-likeness (QED) is 0.785. The predicted octanol–water partition coefficient (Wildman–Crippen LogP) is 2.43. The maximum absolute atomic E-state index is 12.2. The van der Waals surface area contributed by atoms with Crippen molar-refractivity contribution in [3.8, 4) is 5.75 Å². The fourth-order valence-corrected chi connectivity index (χ4v) is 2.96. The Morgan fingerprint density at radius 3 is 3.00 bits per heavy atom. The highest BCUT2D eigenvalue weighted by Crippen LogP contribution is 2.19. The maximum Gasteiger partial charge on any atom is 0.282 e. The highest BCUT2D eigenvalue weighted by molar-refractivity contribution is 7.18. The summed E-state index contributed by atoms with van der Waals surface area (Å²) in [7, 11) is 0. The third-order valence-electron chi connectivity index (χ3n) is 3.18. The molecule has 2 heterocycles. The summed E-state index contributed by atoms with van der Waals surface area (Å²) in [5.41, 5.74) is 0.943. The minimum atomic E-state index is -0.195. The van der Waals surface area contributed by atoms with Gasteiger partial charge in [-0.15, -0.1) is 5.10 Å². The molecule has 0 saturated heterocycles. The van der Waals surface area contributed by atoms with Gasteiger partial charge >= 0.3 is 0 Å². The third-order valence-corrected chi connectivity index (χ3v) is 4.12. The van der Waals surface area contributed by atoms with Gasteiger partial charge in [0.2, 0.25) is 5.01 Å². The van der Waals surface area contributed by atoms with Gasteiger partial charge in [0, 0.05) is 12.1 Å². The summed E-state index contributed by atoms with van der Waals surface area (Å²) in [5, 5.41) is 7.58. The standard InChI is InChI=1S/C15H16N4O2S/c1-3-21-12-7-5-4-6-11(12)8-17-14(20)15-18-19-10(2)16-9-13(19)22-15/h4-7,9H,3,8H2,1-2H3,(H,17,20). The van der Waals surface area contributed by atoms with E-state index in [9.17, 15) is 4.79 Å². The van der Waals surface area contributed by atoms with Crippen molar-refractivity contribution in [1.82, 2.24) is 19.9 Å². The lowest BCUT2D eigenvalue weighted by Crippen LogP contribution is -2.23. The number of carbonyl (C=O) groups is 1. The number of ether oxygens (including phenoxy) is 1. The molecule has 0 fully saturated rings. The maximum atomic E-state index is 12.2. The lowest BCUT2D eigenvalue weighted by Gasteiger charge is -2.10. The Hall–Kier alpha value is -2.41. The summed E-state index contributed by atoms with van der Waals surface area (Å²) in [6.07, 6.45) is 1.72. The number of para-hydroxylation sites is 1. The Morgan fingerprint density at radius 1 is 1.41 bits per heavy atom. The lowest BCUT2D eigenvalue weighted by atomic mass is 10.2. The fraction of sp³-hybridized carbons (Fsp3) is 0.267. The average Bonchev–Trinajstić information content (AvgIpc) is 3.09. The summed E-state index contributed by atoms with van der Waals surface area (Å²) in [5.74, 6) is 1.36. The highest BCUT2D eigenvalue weighted by Gasteiger charge is 2.14. The average molecular weight is 316 g/mol. The molecule has 3 rings (SSSR count). The van der Waals surface area contributed by atoms with Gasteiger partial charge < -0.3 is 10.1 Å². The second-order valence-corrected chi connectivity index (χ2v) is 5.70. The van der Waals surface area contributed by atoms with Gasteiger partial charge in [-0.2, -0.15) is 0 Å². The Labute approximate surface area is 131 Å². The number of nitrogens with one attached hydrogen (secondary N) is 1. The normalized spacial score (nSPS) is 10.8. The zero-order valence-electron chi connectivity index (χ0n) is 12.4. The summed E-state index contributed by atoms with van der Waals surface area (Å²) in [4.78, 5) is 17.2. The van der Waals surface area contributed by atoms with Crippen molar-refractivity contribution in [2.75, 3.05) is 6.61 Å². The Kier molecular flexibility index (Phi) is 4.06. The molecule has 0 aliphatic carbocycles. The molecule has 1 N–H and O–H groups in total. The molecule has 0 bridgehead atoms. The van der Waals surface area contributed by atoms with Crippen LogP contribution in [0, 0.1) is 6.92 Å². The number of benzene rings is 1. The van der Waals surface area contributed by atoms with Gasteiger partial charge in [0.25, 0.3) is 5.91 Å². The lowest BCUT2D eigenvalue weighted by molar-refractivity contribution is 0.0949. The van der Waals surface area contributed by atoms with Crippen LogP contribution < -0.4 is 10.1 Å². The Bertz CT molecular complexity index is 809. The molecular formula is C15H16N4O2S. The smallest absolute Gasteiger partial charge is 0.282 e. The number of aromatic nitrogens is 3. The minimum absolute atomic E-state index is 0.195. The van der Waals surface area contributed by atoms with E-state index >= 15 is 0 Å². The van der Waals surface area contributed by atoms with Crippen molar-refractivity contribution < 1.29 is 9.53 Å². The molecule has 0 radical (unpaired) electrons. The molecule has 0 saturated carbocycles. The van der Waals surface area contributed by atoms with Crippen LogP contribution in [0.5, 0.6) is 5.75 Å². The molecule has 7 heteroatoms. The molecule has 1 amide bonds. The van der Waals surface area contributed by atoms with Crippen LogP contribution >= 0.6 is 11.3 Å². The van der Waals surface area contributed by atoms with Crippen molar-refractivity contribution in [2.45, 2.75) is 20.4 Å². The topological polar surface area (TPSA) is 68.5 Å². The number of hydrogen-bond donors (Lipinski definition) is 1. The Balaban J connectivity index is 1.72. The first-order chi connectivity index (χ1) is 10.7. The Morgan fingerprint density at radius 2 is 2.23 bits per heavy atom. The number of fused-ring (bicyclic) bond motifs is 1. The first-order valence-electron chi connectivity index (χ1n) is 6.99. The molecular weight excluding hydrogens is 300 g/mol. The number of amides is 1. The second kappa shape index (κ2) is 6.15. The molecule has 6 nitrogen and oxygen atoms in total. The number of hydrogen-bond acceptors (Lipinski definition) is 5. The number of rotatable bonds is 5. The highest BCUT2D eigenvalue weighted by atomic mass is 32.1. The molecule has 2 aromatic heterocycles. The van der Waals surface area contributed by atoms with Crippen LogP contribution in [-0.2, 0) is 6.54 Å². The van der Waals surface area contributed by atoms with Crippen LogP contribution in [0.4, 0.5) is 0 Å². The van der Waals surface area contributed by atoms with Crippen LogP contribution in [0.3, 0.4) is 0 Å². The largest absolute Gasteiger partial charge is 0.494 e. The van der Waals surface area contributed by atoms with E-state index in [-0.39, 0.29) is 5.91 Å². The van der Waals surface area contributed by atoms with Gasteiger partial charge in [0.05, 0.1) is 12.8 Å². The van der Waals surface area contributed by atoms with Crippen molar-refractivity contribution >= 4 is 22.1 Å². The van der Waals surface area contributed by atoms with Gasteiger partial charge in [0.15, 0.2) is 0 Å². The molecule has 114 valence electrons. The first-order valence-corrected chi connectivity index (χ1v) is 7.80. The second-order valence-electron chi connectivity index (χ2n) is 4.69. The van der Waals surface area contributed by atoms with E-state index in [2.05, 4.69) is 15.4 Å². The van der Waals surface area contributed by atoms with Crippen LogP contribution in [0.2, 0.25) is 0 Å². The van der Waals surface area contributed by atoms with E-state index in [4.69, 9.17) is 4.74 Å². The number of carbonyl (C=O) groups excluding carboxylic acids is 1. The molecule has 0 spiro atoms. The SMILES string of the molecule is CCOc1ccccc1CNC(=O)c1nn2c(C)ncc2s1. The van der Waals surface area contributed by atoms with Crippen molar-refractivity contribution in [3.63, 3.8) is 0 Å². The summed E-state index contributed by atoms with van der Waals surface area (Å²) in [6, 6.07) is 7.67. The summed E-state index contributed by atoms with van der Waals surface area (Å²) in [6.45, 7) is 4.78. The monoisotopic (exact) mass is 316 g/mol. The third kappa shape index (κ3) is 2.80. The number of aryl methyl sites for hydroxylation is 1. The van der Waals surface area contributed by atoms with Crippen LogP contribution in [0.25, 0.3) is 4.83 Å². The van der Waals surface area contributed by atoms with E-state index in [1.54, 1.807) is 10.7 Å². The molecule has 0 aliphatic rings. The number of nitrogens with zero attached hydrogens (tertiary/aromatic N) is 3. The van der Waals surface area contributed by atoms with Gasteiger partial charge in [-0.05, 0) is 19.9 Å². The van der Waals surface area contributed by atoms with Crippen molar-refractivity contribution in [3.05, 3.63) is 46.9 Å². The number of imidazole rings is 1. The van der Waals surface area contributed by atoms with E-state index in [1.165, 1.54) is 11.3 Å². The van der Waals surface area contributed by atoms with Crippen LogP contribution in [0.15, 0.2) is 30.5 Å². The van der Waals surface area contributed by atoms with Crippen molar-refractivity contribution in [2.24, 2.45) is 0 Å². The van der Waals surface area contributed by atoms with Crippen LogP contribution in [-0.4, -0.2) is 27.1 Å². The van der Waals surface area contributed by atoms with Gasteiger partial charge in [-0.25, -0.2) is 9.50 Å². The van der Waals surface area contributed by atoms with Gasteiger partial charge in [-0.1, -0.05) is 29.5 Å². The molecule has 0 atom stereocenters. The van der Waals surface area contributed by atoms with E-state index in [0.717, 1.165) is 22.0 Å². The zero-order chi connectivity index (χ0) is 15.5. The van der Waals surface area contributed by atoms with Crippen LogP contribution in [0.1, 0.15) is 28.1 Å². The van der Waals surface area contributed by atoms with Gasteiger partial charge in [0.1, 0.15) is 16.4 Å². The minimum Gasteiger partial charge on any atom is -0.494 e. The van der Waals surface area contributed by atoms with E-state index in [0.29, 0.717) is 18.2 Å². The van der Waals surface area contributed by atoms with Crippen molar-refractivity contribution in [1.29, 1.82) is 0 Å². The van der Waals surface area contributed by atoms with E-state index < -0.39 is 0 Å². The molecule has 0 aliphatic heterocycles.